The number of halogens is 2. The molecule has 1 N–H and O–H groups in total. The van der Waals surface area contributed by atoms with Crippen molar-refractivity contribution in [2.24, 2.45) is 0 Å². The van der Waals surface area contributed by atoms with Crippen LogP contribution >= 0.6 is 27.5 Å². The van der Waals surface area contributed by atoms with Gasteiger partial charge in [0.05, 0.1) is 16.4 Å². The van der Waals surface area contributed by atoms with Crippen LogP contribution in [-0.2, 0) is 0 Å². The molecule has 0 fully saturated rings. The number of aromatic carboxylic acids is 1. The zero-order chi connectivity index (χ0) is 14.2. The summed E-state index contributed by atoms with van der Waals surface area (Å²) in [6, 6.07) is 5.25. The molecule has 0 aliphatic rings. The minimum Gasteiger partial charge on any atom is -0.476 e. The number of carboxylic acid groups (broad SMARTS) is 1. The Morgan fingerprint density at radius 2 is 2.16 bits per heavy atom. The predicted octanol–water partition coefficient (Wildman–Crippen LogP) is 3.50. The van der Waals surface area contributed by atoms with Crippen molar-refractivity contribution >= 4 is 33.5 Å². The first-order valence-electron chi connectivity index (χ1n) is 5.56. The fourth-order valence-electron chi connectivity index (χ4n) is 1.77. The number of aromatic nitrogens is 3. The van der Waals surface area contributed by atoms with Crippen molar-refractivity contribution in [1.82, 2.24) is 15.0 Å². The van der Waals surface area contributed by atoms with E-state index in [1.165, 1.54) is 4.68 Å². The van der Waals surface area contributed by atoms with Crippen LogP contribution in [0.2, 0.25) is 5.02 Å². The molecule has 0 saturated carbocycles. The van der Waals surface area contributed by atoms with Crippen molar-refractivity contribution in [3.05, 3.63) is 39.1 Å². The van der Waals surface area contributed by atoms with E-state index in [4.69, 9.17) is 16.7 Å². The standard InChI is InChI=1S/C12H11BrClN3O2/c1-6(2)11-10(12(18)19)15-16-17(11)7-3-4-9(14)8(13)5-7/h3-6H,1-2H3,(H,18,19). The van der Waals surface area contributed by atoms with Crippen LogP contribution in [0.1, 0.15) is 35.9 Å². The highest BCUT2D eigenvalue weighted by Gasteiger charge is 2.22. The molecule has 0 aliphatic carbocycles. The van der Waals surface area contributed by atoms with Crippen LogP contribution in [0, 0.1) is 0 Å². The summed E-state index contributed by atoms with van der Waals surface area (Å²) < 4.78 is 2.24. The third kappa shape index (κ3) is 2.64. The highest BCUT2D eigenvalue weighted by atomic mass is 79.9. The largest absolute Gasteiger partial charge is 0.476 e. The van der Waals surface area contributed by atoms with Crippen molar-refractivity contribution < 1.29 is 9.90 Å². The van der Waals surface area contributed by atoms with E-state index in [-0.39, 0.29) is 11.6 Å². The zero-order valence-electron chi connectivity index (χ0n) is 10.3. The van der Waals surface area contributed by atoms with Gasteiger partial charge >= 0.3 is 5.97 Å². The lowest BCUT2D eigenvalue weighted by molar-refractivity contribution is 0.0688. The van der Waals surface area contributed by atoms with E-state index in [0.29, 0.717) is 20.9 Å². The Bertz CT molecular complexity index is 640. The molecule has 0 atom stereocenters. The Kier molecular flexibility index (Phi) is 3.91. The maximum Gasteiger partial charge on any atom is 0.358 e. The Labute approximate surface area is 123 Å². The minimum atomic E-state index is -1.08. The highest BCUT2D eigenvalue weighted by Crippen LogP contribution is 2.27. The third-order valence-electron chi connectivity index (χ3n) is 2.60. The predicted molar refractivity (Wildman–Crippen MR) is 75.1 cm³/mol. The molecule has 0 aliphatic heterocycles. The molecular formula is C12H11BrClN3O2. The van der Waals surface area contributed by atoms with Crippen LogP contribution in [-0.4, -0.2) is 26.1 Å². The molecule has 0 unspecified atom stereocenters. The van der Waals surface area contributed by atoms with Gasteiger partial charge in [-0.25, -0.2) is 9.48 Å². The monoisotopic (exact) mass is 343 g/mol. The van der Waals surface area contributed by atoms with Crippen LogP contribution in [0.15, 0.2) is 22.7 Å². The third-order valence-corrected chi connectivity index (χ3v) is 3.82. The summed E-state index contributed by atoms with van der Waals surface area (Å²) in [4.78, 5) is 11.1. The molecule has 7 heteroatoms. The number of hydrogen-bond donors (Lipinski definition) is 1. The molecule has 1 aromatic carbocycles. The number of hydrogen-bond acceptors (Lipinski definition) is 3. The lowest BCUT2D eigenvalue weighted by Crippen LogP contribution is -2.08. The van der Waals surface area contributed by atoms with Gasteiger partial charge < -0.3 is 5.11 Å². The second-order valence-electron chi connectivity index (χ2n) is 4.29. The lowest BCUT2D eigenvalue weighted by Gasteiger charge is -2.10. The van der Waals surface area contributed by atoms with E-state index in [2.05, 4.69) is 26.2 Å². The normalized spacial score (nSPS) is 11.0. The summed E-state index contributed by atoms with van der Waals surface area (Å²) in [6.45, 7) is 3.79. The Balaban J connectivity index is 2.62. The molecule has 100 valence electrons. The van der Waals surface area contributed by atoms with Crippen LogP contribution < -0.4 is 0 Å². The van der Waals surface area contributed by atoms with E-state index < -0.39 is 5.97 Å². The minimum absolute atomic E-state index is 0.0180. The molecule has 19 heavy (non-hydrogen) atoms. The summed E-state index contributed by atoms with van der Waals surface area (Å²) in [7, 11) is 0. The fourth-order valence-corrected chi connectivity index (χ4v) is 2.25. The summed E-state index contributed by atoms with van der Waals surface area (Å²) in [5.41, 5.74) is 1.24. The Morgan fingerprint density at radius 1 is 1.47 bits per heavy atom. The lowest BCUT2D eigenvalue weighted by atomic mass is 10.1. The SMILES string of the molecule is CC(C)c1c(C(=O)O)nnn1-c1ccc(Cl)c(Br)c1. The molecule has 0 radical (unpaired) electrons. The molecule has 0 saturated heterocycles. The summed E-state index contributed by atoms with van der Waals surface area (Å²) >= 11 is 9.27. The smallest absolute Gasteiger partial charge is 0.358 e. The van der Waals surface area contributed by atoms with Gasteiger partial charge in [0.25, 0.3) is 0 Å². The first-order valence-corrected chi connectivity index (χ1v) is 6.73. The van der Waals surface area contributed by atoms with Crippen molar-refractivity contribution in [3.63, 3.8) is 0 Å². The average molecular weight is 345 g/mol. The van der Waals surface area contributed by atoms with Gasteiger partial charge in [-0.1, -0.05) is 30.7 Å². The molecule has 2 aromatic rings. The average Bonchev–Trinajstić information content (AvgIpc) is 2.77. The van der Waals surface area contributed by atoms with Crippen molar-refractivity contribution in [2.45, 2.75) is 19.8 Å². The fraction of sp³-hybridized carbons (Fsp3) is 0.250. The topological polar surface area (TPSA) is 68.0 Å². The van der Waals surface area contributed by atoms with E-state index >= 15 is 0 Å². The van der Waals surface area contributed by atoms with E-state index in [9.17, 15) is 4.79 Å². The summed E-state index contributed by atoms with van der Waals surface area (Å²) in [5, 5.41) is 17.4. The molecular weight excluding hydrogens is 334 g/mol. The number of carboxylic acids is 1. The number of nitrogens with zero attached hydrogens (tertiary/aromatic N) is 3. The second kappa shape index (κ2) is 5.30. The van der Waals surface area contributed by atoms with Crippen LogP contribution in [0.5, 0.6) is 0 Å². The van der Waals surface area contributed by atoms with Gasteiger partial charge in [0.2, 0.25) is 0 Å². The quantitative estimate of drug-likeness (QED) is 0.925. The second-order valence-corrected chi connectivity index (χ2v) is 5.55. The Morgan fingerprint density at radius 3 is 2.68 bits per heavy atom. The van der Waals surface area contributed by atoms with Gasteiger partial charge in [-0.05, 0) is 40.0 Å². The van der Waals surface area contributed by atoms with Crippen LogP contribution in [0.3, 0.4) is 0 Å². The number of benzene rings is 1. The molecule has 1 aromatic heterocycles. The van der Waals surface area contributed by atoms with Crippen molar-refractivity contribution in [1.29, 1.82) is 0 Å². The van der Waals surface area contributed by atoms with Gasteiger partial charge in [-0.15, -0.1) is 5.10 Å². The zero-order valence-corrected chi connectivity index (χ0v) is 12.6. The van der Waals surface area contributed by atoms with Crippen LogP contribution in [0.4, 0.5) is 0 Å². The van der Waals surface area contributed by atoms with Gasteiger partial charge in [0.1, 0.15) is 0 Å². The number of rotatable bonds is 3. The molecule has 0 spiro atoms. The summed E-state index contributed by atoms with van der Waals surface area (Å²) in [6.07, 6.45) is 0. The van der Waals surface area contributed by atoms with Gasteiger partial charge in [-0.3, -0.25) is 0 Å². The Hall–Kier alpha value is -1.40. The van der Waals surface area contributed by atoms with Crippen LogP contribution in [0.25, 0.3) is 5.69 Å². The maximum atomic E-state index is 11.1. The maximum absolute atomic E-state index is 11.1. The van der Waals surface area contributed by atoms with Crippen molar-refractivity contribution in [3.8, 4) is 5.69 Å². The van der Waals surface area contributed by atoms with E-state index in [0.717, 1.165) is 0 Å². The van der Waals surface area contributed by atoms with Gasteiger partial charge in [0, 0.05) is 4.47 Å². The van der Waals surface area contributed by atoms with Crippen molar-refractivity contribution in [2.75, 3.05) is 0 Å². The van der Waals surface area contributed by atoms with E-state index in [1.54, 1.807) is 18.2 Å². The first kappa shape index (κ1) is 14.0. The molecule has 2 rings (SSSR count). The molecule has 0 amide bonds. The molecule has 5 nitrogen and oxygen atoms in total. The summed E-state index contributed by atoms with van der Waals surface area (Å²) in [5.74, 6) is -1.10. The van der Waals surface area contributed by atoms with Gasteiger partial charge in [0.15, 0.2) is 5.69 Å². The molecule has 1 heterocycles. The number of carbonyl (C=O) groups is 1. The highest BCUT2D eigenvalue weighted by molar-refractivity contribution is 9.10. The first-order chi connectivity index (χ1) is 8.91. The molecule has 0 bridgehead atoms. The van der Waals surface area contributed by atoms with E-state index in [1.807, 2.05) is 13.8 Å². The van der Waals surface area contributed by atoms with Gasteiger partial charge in [-0.2, -0.15) is 0 Å².